The zero-order valence-electron chi connectivity index (χ0n) is 11.7. The minimum atomic E-state index is -0.0701. The molecule has 0 bridgehead atoms. The minimum Gasteiger partial charge on any atom is -0.375 e. The zero-order valence-corrected chi connectivity index (χ0v) is 12.4. The molecule has 0 N–H and O–H groups in total. The first-order valence-electron chi connectivity index (χ1n) is 6.47. The third kappa shape index (κ3) is 7.00. The fraction of sp³-hybridized carbons (Fsp3) is 0.600. The summed E-state index contributed by atoms with van der Waals surface area (Å²) >= 11 is 5.85. The minimum absolute atomic E-state index is 0.0701. The first-order valence-corrected chi connectivity index (χ1v) is 7.01. The highest BCUT2D eigenvalue weighted by molar-refractivity contribution is 6.18. The fourth-order valence-electron chi connectivity index (χ4n) is 1.71. The molecule has 0 fully saturated rings. The molecule has 1 aromatic carbocycles. The van der Waals surface area contributed by atoms with Gasteiger partial charge in [-0.3, -0.25) is 4.90 Å². The average Bonchev–Trinajstić information content (AvgIpc) is 2.29. The van der Waals surface area contributed by atoms with E-state index in [1.54, 1.807) is 0 Å². The number of benzene rings is 1. The lowest BCUT2D eigenvalue weighted by molar-refractivity contribution is -0.0133. The Bertz CT molecular complexity index is 321. The molecule has 2 nitrogen and oxygen atoms in total. The van der Waals surface area contributed by atoms with Gasteiger partial charge in [-0.1, -0.05) is 30.3 Å². The van der Waals surface area contributed by atoms with Crippen molar-refractivity contribution in [3.05, 3.63) is 35.9 Å². The van der Waals surface area contributed by atoms with Crippen molar-refractivity contribution in [1.82, 2.24) is 4.90 Å². The Morgan fingerprint density at radius 1 is 1.11 bits per heavy atom. The van der Waals surface area contributed by atoms with Crippen molar-refractivity contribution < 1.29 is 4.74 Å². The van der Waals surface area contributed by atoms with Gasteiger partial charge >= 0.3 is 0 Å². The number of hydrogen-bond acceptors (Lipinski definition) is 2. The van der Waals surface area contributed by atoms with Crippen LogP contribution in [0.5, 0.6) is 0 Å². The van der Waals surface area contributed by atoms with Crippen LogP contribution in [0.2, 0.25) is 0 Å². The van der Waals surface area contributed by atoms with E-state index in [-0.39, 0.29) is 5.60 Å². The molecule has 1 aromatic rings. The van der Waals surface area contributed by atoms with Gasteiger partial charge in [-0.15, -0.1) is 11.6 Å². The van der Waals surface area contributed by atoms with Gasteiger partial charge in [0.1, 0.15) is 0 Å². The summed E-state index contributed by atoms with van der Waals surface area (Å²) in [5.41, 5.74) is 1.25. The predicted molar refractivity (Wildman–Crippen MR) is 78.1 cm³/mol. The summed E-state index contributed by atoms with van der Waals surface area (Å²) in [5, 5.41) is 0. The van der Waals surface area contributed by atoms with Crippen molar-refractivity contribution >= 4 is 11.6 Å². The molecule has 0 aliphatic rings. The average molecular weight is 270 g/mol. The van der Waals surface area contributed by atoms with Gasteiger partial charge in [-0.2, -0.15) is 0 Å². The van der Waals surface area contributed by atoms with Crippen LogP contribution in [-0.4, -0.2) is 36.1 Å². The number of nitrogens with zero attached hydrogens (tertiary/aromatic N) is 1. The van der Waals surface area contributed by atoms with Crippen LogP contribution in [0.3, 0.4) is 0 Å². The van der Waals surface area contributed by atoms with Crippen molar-refractivity contribution in [2.24, 2.45) is 0 Å². The quantitative estimate of drug-likeness (QED) is 0.702. The van der Waals surface area contributed by atoms with Crippen molar-refractivity contribution in [2.75, 3.05) is 25.6 Å². The van der Waals surface area contributed by atoms with Crippen LogP contribution in [0.4, 0.5) is 0 Å². The Morgan fingerprint density at radius 2 is 1.78 bits per heavy atom. The molecule has 3 heteroatoms. The van der Waals surface area contributed by atoms with E-state index in [2.05, 4.69) is 49.9 Å². The number of alkyl halides is 1. The molecule has 0 atom stereocenters. The highest BCUT2D eigenvalue weighted by Gasteiger charge is 2.11. The molecule has 0 unspecified atom stereocenters. The highest BCUT2D eigenvalue weighted by Crippen LogP contribution is 2.08. The lowest BCUT2D eigenvalue weighted by Gasteiger charge is -2.25. The van der Waals surface area contributed by atoms with Gasteiger partial charge in [0, 0.05) is 25.5 Å². The molecule has 1 rings (SSSR count). The molecule has 0 saturated carbocycles. The van der Waals surface area contributed by atoms with Crippen LogP contribution in [0, 0.1) is 0 Å². The van der Waals surface area contributed by atoms with Gasteiger partial charge in [0.05, 0.1) is 12.2 Å². The maximum absolute atomic E-state index is 5.85. The van der Waals surface area contributed by atoms with Gasteiger partial charge in [0.25, 0.3) is 0 Å². The molecular formula is C15H24ClNO. The van der Waals surface area contributed by atoms with E-state index in [9.17, 15) is 0 Å². The molecule has 0 saturated heterocycles. The SMILES string of the molecule is CC(C)(C)OCCN(CCCl)Cc1ccccc1. The summed E-state index contributed by atoms with van der Waals surface area (Å²) in [4.78, 5) is 2.33. The van der Waals surface area contributed by atoms with E-state index in [1.807, 2.05) is 6.07 Å². The predicted octanol–water partition coefficient (Wildman–Crippen LogP) is 3.54. The Morgan fingerprint density at radius 3 is 2.33 bits per heavy atom. The fourth-order valence-corrected chi connectivity index (χ4v) is 1.95. The van der Waals surface area contributed by atoms with Crippen LogP contribution < -0.4 is 0 Å². The number of hydrogen-bond donors (Lipinski definition) is 0. The van der Waals surface area contributed by atoms with Gasteiger partial charge in [0.2, 0.25) is 0 Å². The van der Waals surface area contributed by atoms with E-state index in [0.29, 0.717) is 5.88 Å². The summed E-state index contributed by atoms with van der Waals surface area (Å²) in [6.45, 7) is 9.72. The van der Waals surface area contributed by atoms with Gasteiger partial charge in [-0.25, -0.2) is 0 Å². The number of halogens is 1. The lowest BCUT2D eigenvalue weighted by atomic mass is 10.2. The normalized spacial score (nSPS) is 12.1. The Kier molecular flexibility index (Phi) is 6.69. The monoisotopic (exact) mass is 269 g/mol. The van der Waals surface area contributed by atoms with E-state index >= 15 is 0 Å². The second kappa shape index (κ2) is 7.78. The lowest BCUT2D eigenvalue weighted by Crippen LogP contribution is -2.32. The van der Waals surface area contributed by atoms with E-state index in [4.69, 9.17) is 16.3 Å². The van der Waals surface area contributed by atoms with Crippen LogP contribution >= 0.6 is 11.6 Å². The molecule has 0 spiro atoms. The molecule has 0 radical (unpaired) electrons. The summed E-state index contributed by atoms with van der Waals surface area (Å²) in [5.74, 6) is 0.655. The topological polar surface area (TPSA) is 12.5 Å². The van der Waals surface area contributed by atoms with Crippen molar-refractivity contribution in [3.8, 4) is 0 Å². The smallest absolute Gasteiger partial charge is 0.0600 e. The second-order valence-corrected chi connectivity index (χ2v) is 5.79. The van der Waals surface area contributed by atoms with Crippen LogP contribution in [0.1, 0.15) is 26.3 Å². The van der Waals surface area contributed by atoms with Crippen LogP contribution in [0.25, 0.3) is 0 Å². The summed E-state index contributed by atoms with van der Waals surface area (Å²) in [6.07, 6.45) is 0. The maximum Gasteiger partial charge on any atom is 0.0600 e. The second-order valence-electron chi connectivity index (χ2n) is 5.41. The summed E-state index contributed by atoms with van der Waals surface area (Å²) < 4.78 is 5.76. The van der Waals surface area contributed by atoms with Crippen LogP contribution in [-0.2, 0) is 11.3 Å². The third-order valence-corrected chi connectivity index (χ3v) is 2.76. The molecule has 0 aliphatic heterocycles. The summed E-state index contributed by atoms with van der Waals surface area (Å²) in [7, 11) is 0. The first kappa shape index (κ1) is 15.5. The van der Waals surface area contributed by atoms with Gasteiger partial charge in [-0.05, 0) is 26.3 Å². The molecule has 18 heavy (non-hydrogen) atoms. The van der Waals surface area contributed by atoms with Crippen LogP contribution in [0.15, 0.2) is 30.3 Å². The first-order chi connectivity index (χ1) is 8.51. The maximum atomic E-state index is 5.85. The number of rotatable bonds is 7. The standard InChI is InChI=1S/C15H24ClNO/c1-15(2,3)18-12-11-17(10-9-16)13-14-7-5-4-6-8-14/h4-8H,9-13H2,1-3H3. The molecule has 102 valence electrons. The van der Waals surface area contributed by atoms with E-state index in [1.165, 1.54) is 5.56 Å². The molecule has 0 amide bonds. The Balaban J connectivity index is 2.40. The Hall–Kier alpha value is -0.570. The van der Waals surface area contributed by atoms with Crippen molar-refractivity contribution in [3.63, 3.8) is 0 Å². The Labute approximate surface area is 116 Å². The highest BCUT2D eigenvalue weighted by atomic mass is 35.5. The third-order valence-electron chi connectivity index (χ3n) is 2.59. The van der Waals surface area contributed by atoms with Gasteiger partial charge < -0.3 is 4.74 Å². The van der Waals surface area contributed by atoms with E-state index < -0.39 is 0 Å². The van der Waals surface area contributed by atoms with Crippen molar-refractivity contribution in [1.29, 1.82) is 0 Å². The molecular weight excluding hydrogens is 246 g/mol. The summed E-state index contributed by atoms with van der Waals surface area (Å²) in [6, 6.07) is 10.5. The molecule has 0 aromatic heterocycles. The van der Waals surface area contributed by atoms with Gasteiger partial charge in [0.15, 0.2) is 0 Å². The molecule has 0 heterocycles. The zero-order chi connectivity index (χ0) is 13.4. The van der Waals surface area contributed by atoms with E-state index in [0.717, 1.165) is 26.2 Å². The number of ether oxygens (including phenoxy) is 1. The molecule has 0 aliphatic carbocycles. The van der Waals surface area contributed by atoms with Crippen molar-refractivity contribution in [2.45, 2.75) is 32.9 Å². The largest absolute Gasteiger partial charge is 0.375 e.